The SMILES string of the molecule is CNc1cc(C)nc(Nc2ccc(OC)c(CCCCN3CCCC3)c2)n1. The molecule has 1 aliphatic rings. The van der Waals surface area contributed by atoms with Crippen LogP contribution in [0.25, 0.3) is 0 Å². The zero-order valence-corrected chi connectivity index (χ0v) is 16.7. The molecule has 0 spiro atoms. The summed E-state index contributed by atoms with van der Waals surface area (Å²) in [6.45, 7) is 5.72. The first kappa shape index (κ1) is 19.4. The minimum Gasteiger partial charge on any atom is -0.496 e. The van der Waals surface area contributed by atoms with Gasteiger partial charge in [0.05, 0.1) is 7.11 Å². The molecule has 2 heterocycles. The Labute approximate surface area is 162 Å². The van der Waals surface area contributed by atoms with Gasteiger partial charge in [-0.1, -0.05) is 0 Å². The molecule has 1 aromatic carbocycles. The zero-order valence-electron chi connectivity index (χ0n) is 16.7. The van der Waals surface area contributed by atoms with Crippen LogP contribution in [-0.2, 0) is 6.42 Å². The highest BCUT2D eigenvalue weighted by Gasteiger charge is 2.11. The number of ether oxygens (including phenoxy) is 1. The van der Waals surface area contributed by atoms with Crippen molar-refractivity contribution in [1.82, 2.24) is 14.9 Å². The number of likely N-dealkylation sites (tertiary alicyclic amines) is 1. The predicted octanol–water partition coefficient (Wildman–Crippen LogP) is 4.00. The molecule has 27 heavy (non-hydrogen) atoms. The lowest BCUT2D eigenvalue weighted by Gasteiger charge is -2.15. The van der Waals surface area contributed by atoms with Crippen LogP contribution >= 0.6 is 0 Å². The molecule has 0 unspecified atom stereocenters. The van der Waals surface area contributed by atoms with Gasteiger partial charge in [0.25, 0.3) is 0 Å². The summed E-state index contributed by atoms with van der Waals surface area (Å²) < 4.78 is 5.56. The molecular weight excluding hydrogens is 338 g/mol. The Kier molecular flexibility index (Phi) is 6.87. The fourth-order valence-corrected chi connectivity index (χ4v) is 3.59. The van der Waals surface area contributed by atoms with Gasteiger partial charge >= 0.3 is 0 Å². The molecule has 0 atom stereocenters. The Bertz CT molecular complexity index is 743. The minimum atomic E-state index is 0.601. The van der Waals surface area contributed by atoms with E-state index in [2.05, 4.69) is 31.6 Å². The summed E-state index contributed by atoms with van der Waals surface area (Å²) in [5.41, 5.74) is 3.14. The van der Waals surface area contributed by atoms with Crippen molar-refractivity contribution in [1.29, 1.82) is 0 Å². The van der Waals surface area contributed by atoms with E-state index in [-0.39, 0.29) is 0 Å². The zero-order chi connectivity index (χ0) is 19.1. The number of unbranched alkanes of at least 4 members (excludes halogenated alkanes) is 1. The van der Waals surface area contributed by atoms with Crippen LogP contribution in [0.2, 0.25) is 0 Å². The fourth-order valence-electron chi connectivity index (χ4n) is 3.59. The monoisotopic (exact) mass is 369 g/mol. The second-order valence-electron chi connectivity index (χ2n) is 7.13. The molecule has 6 nitrogen and oxygen atoms in total. The smallest absolute Gasteiger partial charge is 0.229 e. The fraction of sp³-hybridized carbons (Fsp3) is 0.524. The van der Waals surface area contributed by atoms with Crippen molar-refractivity contribution < 1.29 is 4.74 Å². The quantitative estimate of drug-likeness (QED) is 0.652. The summed E-state index contributed by atoms with van der Waals surface area (Å²) in [4.78, 5) is 11.5. The summed E-state index contributed by atoms with van der Waals surface area (Å²) in [5, 5.41) is 6.39. The predicted molar refractivity (Wildman–Crippen MR) is 111 cm³/mol. The van der Waals surface area contributed by atoms with Crippen LogP contribution in [0.5, 0.6) is 5.75 Å². The molecule has 1 aliphatic heterocycles. The van der Waals surface area contributed by atoms with Crippen molar-refractivity contribution in [2.24, 2.45) is 0 Å². The second kappa shape index (κ2) is 9.55. The topological polar surface area (TPSA) is 62.3 Å². The lowest BCUT2D eigenvalue weighted by molar-refractivity contribution is 0.329. The number of benzene rings is 1. The average Bonchev–Trinajstić information content (AvgIpc) is 3.18. The van der Waals surface area contributed by atoms with E-state index in [0.717, 1.165) is 29.4 Å². The van der Waals surface area contributed by atoms with E-state index in [1.807, 2.05) is 32.2 Å². The van der Waals surface area contributed by atoms with Crippen LogP contribution in [0.1, 0.15) is 36.9 Å². The van der Waals surface area contributed by atoms with Crippen molar-refractivity contribution >= 4 is 17.5 Å². The number of rotatable bonds is 9. The first-order valence-electron chi connectivity index (χ1n) is 9.87. The Morgan fingerprint density at radius 3 is 2.67 bits per heavy atom. The van der Waals surface area contributed by atoms with E-state index in [9.17, 15) is 0 Å². The normalized spacial score (nSPS) is 14.3. The molecule has 1 aromatic heterocycles. The molecule has 2 N–H and O–H groups in total. The standard InChI is InChI=1S/C21H31N5O/c1-16-14-20(22-2)25-21(23-16)24-18-9-10-19(27-3)17(15-18)8-4-5-11-26-12-6-7-13-26/h9-10,14-15H,4-8,11-13H2,1-3H3,(H2,22,23,24,25). The van der Waals surface area contributed by atoms with E-state index < -0.39 is 0 Å². The Morgan fingerprint density at radius 1 is 1.11 bits per heavy atom. The Balaban J connectivity index is 1.62. The number of aryl methyl sites for hydroxylation is 2. The molecule has 3 rings (SSSR count). The second-order valence-corrected chi connectivity index (χ2v) is 7.13. The lowest BCUT2D eigenvalue weighted by atomic mass is 10.1. The molecule has 0 bridgehead atoms. The third-order valence-corrected chi connectivity index (χ3v) is 5.02. The molecular formula is C21H31N5O. The van der Waals surface area contributed by atoms with Gasteiger partial charge in [-0.2, -0.15) is 4.98 Å². The van der Waals surface area contributed by atoms with Crippen LogP contribution < -0.4 is 15.4 Å². The van der Waals surface area contributed by atoms with Gasteiger partial charge < -0.3 is 20.3 Å². The first-order chi connectivity index (χ1) is 13.2. The van der Waals surface area contributed by atoms with Crippen molar-refractivity contribution in [2.75, 3.05) is 44.4 Å². The third kappa shape index (κ3) is 5.57. The summed E-state index contributed by atoms with van der Waals surface area (Å²) in [6.07, 6.45) is 6.13. The molecule has 0 aliphatic carbocycles. The number of anilines is 3. The van der Waals surface area contributed by atoms with Gasteiger partial charge in [0, 0.05) is 24.5 Å². The number of nitrogens with one attached hydrogen (secondary N) is 2. The first-order valence-corrected chi connectivity index (χ1v) is 9.87. The minimum absolute atomic E-state index is 0.601. The van der Waals surface area contributed by atoms with Gasteiger partial charge in [0.2, 0.25) is 5.95 Å². The number of hydrogen-bond donors (Lipinski definition) is 2. The number of nitrogens with zero attached hydrogens (tertiary/aromatic N) is 3. The maximum atomic E-state index is 5.56. The van der Waals surface area contributed by atoms with Gasteiger partial charge in [0.15, 0.2) is 0 Å². The van der Waals surface area contributed by atoms with Crippen molar-refractivity contribution in [3.63, 3.8) is 0 Å². The third-order valence-electron chi connectivity index (χ3n) is 5.02. The number of aromatic nitrogens is 2. The lowest BCUT2D eigenvalue weighted by Crippen LogP contribution is -2.20. The van der Waals surface area contributed by atoms with Gasteiger partial charge in [-0.15, -0.1) is 0 Å². The van der Waals surface area contributed by atoms with Crippen LogP contribution in [0, 0.1) is 6.92 Å². The molecule has 6 heteroatoms. The maximum Gasteiger partial charge on any atom is 0.229 e. The largest absolute Gasteiger partial charge is 0.496 e. The molecule has 0 radical (unpaired) electrons. The Hall–Kier alpha value is -2.34. The van der Waals surface area contributed by atoms with Gasteiger partial charge in [-0.3, -0.25) is 0 Å². The van der Waals surface area contributed by atoms with E-state index in [4.69, 9.17) is 4.74 Å². The van der Waals surface area contributed by atoms with Crippen molar-refractivity contribution in [3.05, 3.63) is 35.5 Å². The average molecular weight is 370 g/mol. The van der Waals surface area contributed by atoms with E-state index in [1.165, 1.54) is 50.9 Å². The molecule has 1 saturated heterocycles. The van der Waals surface area contributed by atoms with Crippen LogP contribution in [0.3, 0.4) is 0 Å². The van der Waals surface area contributed by atoms with E-state index in [0.29, 0.717) is 5.95 Å². The molecule has 0 saturated carbocycles. The van der Waals surface area contributed by atoms with Gasteiger partial charge in [-0.05, 0) is 82.4 Å². The highest BCUT2D eigenvalue weighted by Crippen LogP contribution is 2.26. The van der Waals surface area contributed by atoms with Gasteiger partial charge in [-0.25, -0.2) is 4.98 Å². The van der Waals surface area contributed by atoms with Crippen LogP contribution in [-0.4, -0.2) is 48.7 Å². The molecule has 2 aromatic rings. The van der Waals surface area contributed by atoms with Crippen molar-refractivity contribution in [2.45, 2.75) is 39.0 Å². The molecule has 0 amide bonds. The van der Waals surface area contributed by atoms with Crippen LogP contribution in [0.15, 0.2) is 24.3 Å². The summed E-state index contributed by atoms with van der Waals surface area (Å²) in [7, 11) is 3.60. The Morgan fingerprint density at radius 2 is 1.93 bits per heavy atom. The van der Waals surface area contributed by atoms with Crippen molar-refractivity contribution in [3.8, 4) is 5.75 Å². The summed E-state index contributed by atoms with van der Waals surface area (Å²) in [6, 6.07) is 8.11. The maximum absolute atomic E-state index is 5.56. The van der Waals surface area contributed by atoms with Gasteiger partial charge in [0.1, 0.15) is 11.6 Å². The number of methoxy groups -OCH3 is 1. The highest BCUT2D eigenvalue weighted by atomic mass is 16.5. The highest BCUT2D eigenvalue weighted by molar-refractivity contribution is 5.58. The van der Waals surface area contributed by atoms with Crippen LogP contribution in [0.4, 0.5) is 17.5 Å². The summed E-state index contributed by atoms with van der Waals surface area (Å²) >= 11 is 0. The molecule has 146 valence electrons. The van der Waals surface area contributed by atoms with E-state index >= 15 is 0 Å². The van der Waals surface area contributed by atoms with E-state index in [1.54, 1.807) is 7.11 Å². The summed E-state index contributed by atoms with van der Waals surface area (Å²) in [5.74, 6) is 2.35. The number of hydrogen-bond acceptors (Lipinski definition) is 6. The molecule has 1 fully saturated rings.